The van der Waals surface area contributed by atoms with E-state index in [4.69, 9.17) is 0 Å². The fourth-order valence-corrected chi connectivity index (χ4v) is 4.24. The molecule has 4 nitrogen and oxygen atoms in total. The van der Waals surface area contributed by atoms with E-state index >= 15 is 0 Å². The minimum Gasteiger partial charge on any atom is -0.389 e. The molecule has 0 saturated carbocycles. The lowest BCUT2D eigenvalue weighted by Gasteiger charge is -2.31. The molecule has 1 aliphatic rings. The molecule has 0 aliphatic carbocycles. The van der Waals surface area contributed by atoms with Crippen molar-refractivity contribution in [3.8, 4) is 0 Å². The number of nitrogens with one attached hydrogen (secondary N) is 1. The van der Waals surface area contributed by atoms with E-state index < -0.39 is 15.4 Å². The summed E-state index contributed by atoms with van der Waals surface area (Å²) in [6, 6.07) is 7.15. The predicted molar refractivity (Wildman–Crippen MR) is 79.4 cm³/mol. The zero-order chi connectivity index (χ0) is 14.8. The summed E-state index contributed by atoms with van der Waals surface area (Å²) in [6.07, 6.45) is 1.93. The Hall–Kier alpha value is -0.910. The van der Waals surface area contributed by atoms with E-state index in [1.807, 2.05) is 26.0 Å². The lowest BCUT2D eigenvalue weighted by Crippen LogP contribution is -2.42. The van der Waals surface area contributed by atoms with Crippen LogP contribution in [0.4, 0.5) is 0 Å². The van der Waals surface area contributed by atoms with Crippen LogP contribution in [0.1, 0.15) is 44.7 Å². The molecule has 20 heavy (non-hydrogen) atoms. The Morgan fingerprint density at radius 2 is 1.95 bits per heavy atom. The molecule has 112 valence electrons. The van der Waals surface area contributed by atoms with Crippen molar-refractivity contribution in [2.45, 2.75) is 49.6 Å². The molecule has 5 heteroatoms. The van der Waals surface area contributed by atoms with E-state index in [2.05, 4.69) is 5.32 Å². The molecule has 1 heterocycles. The van der Waals surface area contributed by atoms with E-state index in [9.17, 15) is 13.5 Å². The summed E-state index contributed by atoms with van der Waals surface area (Å²) in [5.74, 6) is 0.165. The number of hydrogen-bond acceptors (Lipinski definition) is 4. The zero-order valence-electron chi connectivity index (χ0n) is 12.1. The Kier molecular flexibility index (Phi) is 4.52. The van der Waals surface area contributed by atoms with Crippen molar-refractivity contribution in [1.82, 2.24) is 5.32 Å². The van der Waals surface area contributed by atoms with Crippen LogP contribution in [0.5, 0.6) is 0 Å². The van der Waals surface area contributed by atoms with Crippen LogP contribution in [-0.4, -0.2) is 31.4 Å². The first-order valence-electron chi connectivity index (χ1n) is 7.19. The predicted octanol–water partition coefficient (Wildman–Crippen LogP) is 2.05. The van der Waals surface area contributed by atoms with Gasteiger partial charge in [-0.3, -0.25) is 0 Å². The van der Waals surface area contributed by atoms with Gasteiger partial charge in [0.15, 0.2) is 9.84 Å². The highest BCUT2D eigenvalue weighted by Crippen LogP contribution is 2.32. The molecule has 0 amide bonds. The van der Waals surface area contributed by atoms with Gasteiger partial charge in [0, 0.05) is 12.6 Å². The number of aliphatic hydroxyl groups is 1. The lowest BCUT2D eigenvalue weighted by molar-refractivity contribution is 0.0296. The number of hydrogen-bond donors (Lipinski definition) is 2. The van der Waals surface area contributed by atoms with E-state index in [1.54, 1.807) is 12.1 Å². The second-order valence-electron chi connectivity index (χ2n) is 5.51. The minimum absolute atomic E-state index is 0.000602. The monoisotopic (exact) mass is 297 g/mol. The summed E-state index contributed by atoms with van der Waals surface area (Å²) >= 11 is 0. The van der Waals surface area contributed by atoms with Crippen molar-refractivity contribution >= 4 is 9.84 Å². The standard InChI is InChI=1S/C15H23NO3S/c1-3-15(17,4-2)11-16-13-9-10-20(18,19)14-8-6-5-7-12(13)14/h5-8,13,16-17H,3-4,9-11H2,1-2H3. The smallest absolute Gasteiger partial charge is 0.178 e. The molecular formula is C15H23NO3S. The van der Waals surface area contributed by atoms with Gasteiger partial charge in [-0.2, -0.15) is 0 Å². The summed E-state index contributed by atoms with van der Waals surface area (Å²) in [6.45, 7) is 4.41. The Balaban J connectivity index is 2.20. The Morgan fingerprint density at radius 1 is 1.30 bits per heavy atom. The van der Waals surface area contributed by atoms with Gasteiger partial charge in [-0.05, 0) is 30.9 Å². The Labute approximate surface area is 121 Å². The molecule has 0 bridgehead atoms. The Morgan fingerprint density at radius 3 is 2.60 bits per heavy atom. The molecule has 0 saturated heterocycles. The highest BCUT2D eigenvalue weighted by molar-refractivity contribution is 7.91. The summed E-state index contributed by atoms with van der Waals surface area (Å²) in [7, 11) is -3.14. The molecular weight excluding hydrogens is 274 g/mol. The van der Waals surface area contributed by atoms with E-state index in [0.29, 0.717) is 30.7 Å². The van der Waals surface area contributed by atoms with Crippen LogP contribution in [0.15, 0.2) is 29.2 Å². The molecule has 0 aromatic heterocycles. The molecule has 1 atom stereocenters. The third-order valence-corrected chi connectivity index (χ3v) is 6.11. The van der Waals surface area contributed by atoms with Gasteiger partial charge in [-0.15, -0.1) is 0 Å². The molecule has 0 fully saturated rings. The molecule has 0 radical (unpaired) electrons. The maximum atomic E-state index is 12.1. The van der Waals surface area contributed by atoms with Crippen molar-refractivity contribution < 1.29 is 13.5 Å². The van der Waals surface area contributed by atoms with Gasteiger partial charge >= 0.3 is 0 Å². The number of benzene rings is 1. The average Bonchev–Trinajstić information content (AvgIpc) is 2.46. The molecule has 1 aromatic rings. The lowest BCUT2D eigenvalue weighted by atomic mass is 9.96. The second-order valence-corrected chi connectivity index (χ2v) is 7.59. The van der Waals surface area contributed by atoms with E-state index in [1.165, 1.54) is 0 Å². The minimum atomic E-state index is -3.14. The van der Waals surface area contributed by atoms with Gasteiger partial charge < -0.3 is 10.4 Å². The first kappa shape index (κ1) is 15.5. The van der Waals surface area contributed by atoms with Gasteiger partial charge in [-0.1, -0.05) is 32.0 Å². The van der Waals surface area contributed by atoms with Crippen molar-refractivity contribution in [2.24, 2.45) is 0 Å². The van der Waals surface area contributed by atoms with E-state index in [0.717, 1.165) is 5.56 Å². The first-order chi connectivity index (χ1) is 9.42. The van der Waals surface area contributed by atoms with Gasteiger partial charge in [0.2, 0.25) is 0 Å². The topological polar surface area (TPSA) is 66.4 Å². The quantitative estimate of drug-likeness (QED) is 0.873. The normalized spacial score (nSPS) is 21.4. The van der Waals surface area contributed by atoms with Crippen LogP contribution in [-0.2, 0) is 9.84 Å². The van der Waals surface area contributed by atoms with E-state index in [-0.39, 0.29) is 11.8 Å². The largest absolute Gasteiger partial charge is 0.389 e. The van der Waals surface area contributed by atoms with Crippen LogP contribution < -0.4 is 5.32 Å². The van der Waals surface area contributed by atoms with Crippen molar-refractivity contribution in [1.29, 1.82) is 0 Å². The maximum absolute atomic E-state index is 12.1. The second kappa shape index (κ2) is 5.84. The maximum Gasteiger partial charge on any atom is 0.178 e. The van der Waals surface area contributed by atoms with Crippen molar-refractivity contribution in [2.75, 3.05) is 12.3 Å². The van der Waals surface area contributed by atoms with Crippen LogP contribution in [0.2, 0.25) is 0 Å². The summed E-state index contributed by atoms with van der Waals surface area (Å²) in [5.41, 5.74) is 0.110. The molecule has 1 aromatic carbocycles. The SMILES string of the molecule is CCC(O)(CC)CNC1CCS(=O)(=O)c2ccccc21. The fourth-order valence-electron chi connectivity index (χ4n) is 2.62. The number of sulfone groups is 1. The zero-order valence-corrected chi connectivity index (χ0v) is 12.9. The van der Waals surface area contributed by atoms with Crippen LogP contribution in [0, 0.1) is 0 Å². The summed E-state index contributed by atoms with van der Waals surface area (Å²) in [5, 5.41) is 13.7. The number of rotatable bonds is 5. The van der Waals surface area contributed by atoms with Crippen LogP contribution >= 0.6 is 0 Å². The number of fused-ring (bicyclic) bond motifs is 1. The average molecular weight is 297 g/mol. The fraction of sp³-hybridized carbons (Fsp3) is 0.600. The van der Waals surface area contributed by atoms with Gasteiger partial charge in [0.1, 0.15) is 0 Å². The highest BCUT2D eigenvalue weighted by atomic mass is 32.2. The van der Waals surface area contributed by atoms with Gasteiger partial charge in [0.25, 0.3) is 0 Å². The third kappa shape index (κ3) is 3.05. The highest BCUT2D eigenvalue weighted by Gasteiger charge is 2.31. The molecule has 2 N–H and O–H groups in total. The summed E-state index contributed by atoms with van der Waals surface area (Å²) < 4.78 is 24.1. The van der Waals surface area contributed by atoms with Crippen LogP contribution in [0.3, 0.4) is 0 Å². The van der Waals surface area contributed by atoms with Crippen molar-refractivity contribution in [3.63, 3.8) is 0 Å². The molecule has 1 unspecified atom stereocenters. The van der Waals surface area contributed by atoms with Crippen molar-refractivity contribution in [3.05, 3.63) is 29.8 Å². The Bertz CT molecular complexity index is 564. The molecule has 1 aliphatic heterocycles. The van der Waals surface area contributed by atoms with Gasteiger partial charge in [-0.25, -0.2) is 8.42 Å². The molecule has 2 rings (SSSR count). The first-order valence-corrected chi connectivity index (χ1v) is 8.84. The molecule has 0 spiro atoms. The van der Waals surface area contributed by atoms with Gasteiger partial charge in [0.05, 0.1) is 16.2 Å². The third-order valence-electron chi connectivity index (χ3n) is 4.30. The van der Waals surface area contributed by atoms with Crippen LogP contribution in [0.25, 0.3) is 0 Å². The summed E-state index contributed by atoms with van der Waals surface area (Å²) in [4.78, 5) is 0.431.